The second kappa shape index (κ2) is 5.89. The van der Waals surface area contributed by atoms with Gasteiger partial charge in [0.1, 0.15) is 5.75 Å². The quantitative estimate of drug-likeness (QED) is 0.923. The van der Waals surface area contributed by atoms with Crippen LogP contribution < -0.4 is 10.1 Å². The van der Waals surface area contributed by atoms with Gasteiger partial charge in [-0.25, -0.2) is 0 Å². The first-order valence-corrected chi connectivity index (χ1v) is 8.30. The second-order valence-electron chi connectivity index (χ2n) is 6.56. The minimum Gasteiger partial charge on any atom is -0.482 e. The lowest BCUT2D eigenvalue weighted by atomic mass is 9.91. The number of nitrogens with zero attached hydrogens (tertiary/aromatic N) is 2. The van der Waals surface area contributed by atoms with Crippen LogP contribution in [0.15, 0.2) is 18.2 Å². The van der Waals surface area contributed by atoms with Crippen LogP contribution in [0.5, 0.6) is 5.75 Å². The number of anilines is 1. The van der Waals surface area contributed by atoms with E-state index in [9.17, 15) is 4.79 Å². The fourth-order valence-corrected chi connectivity index (χ4v) is 3.53. The van der Waals surface area contributed by atoms with Crippen molar-refractivity contribution in [2.45, 2.75) is 31.8 Å². The first-order valence-electron chi connectivity index (χ1n) is 8.30. The van der Waals surface area contributed by atoms with Gasteiger partial charge in [0.15, 0.2) is 6.61 Å². The van der Waals surface area contributed by atoms with Gasteiger partial charge in [0.05, 0.1) is 5.69 Å². The summed E-state index contributed by atoms with van der Waals surface area (Å²) in [6.07, 6.45) is 4.20. The molecule has 2 fully saturated rings. The van der Waals surface area contributed by atoms with Gasteiger partial charge in [0.25, 0.3) is 5.91 Å². The number of nitrogens with one attached hydrogen (secondary N) is 1. The molecule has 1 aliphatic carbocycles. The van der Waals surface area contributed by atoms with E-state index in [1.54, 1.807) is 0 Å². The summed E-state index contributed by atoms with van der Waals surface area (Å²) in [5.41, 5.74) is 2.04. The number of rotatable bonds is 3. The maximum absolute atomic E-state index is 11.4. The molecular formula is C17H23N3O2. The van der Waals surface area contributed by atoms with Crippen LogP contribution in [0, 0.1) is 0 Å². The molecule has 2 aliphatic heterocycles. The Balaban J connectivity index is 1.35. The standard InChI is InChI=1S/C17H23N3O2/c21-17-12-22-16-5-4-13(10-15(16)18-17)11-19-6-8-20(9-7-19)14-2-1-3-14/h4-5,10,14H,1-3,6-9,11-12H2,(H,18,21). The van der Waals surface area contributed by atoms with E-state index in [-0.39, 0.29) is 12.5 Å². The summed E-state index contributed by atoms with van der Waals surface area (Å²) in [6.45, 7) is 5.72. The number of carbonyl (C=O) groups excluding carboxylic acids is 1. The van der Waals surface area contributed by atoms with Gasteiger partial charge in [-0.1, -0.05) is 12.5 Å². The third-order valence-corrected chi connectivity index (χ3v) is 5.08. The number of ether oxygens (including phenoxy) is 1. The highest BCUT2D eigenvalue weighted by Gasteiger charge is 2.27. The van der Waals surface area contributed by atoms with E-state index < -0.39 is 0 Å². The van der Waals surface area contributed by atoms with Gasteiger partial charge in [-0.15, -0.1) is 0 Å². The zero-order valence-corrected chi connectivity index (χ0v) is 12.9. The van der Waals surface area contributed by atoms with Gasteiger partial charge in [0.2, 0.25) is 0 Å². The predicted molar refractivity (Wildman–Crippen MR) is 85.1 cm³/mol. The Morgan fingerprint density at radius 2 is 2.00 bits per heavy atom. The van der Waals surface area contributed by atoms with Gasteiger partial charge in [-0.3, -0.25) is 14.6 Å². The van der Waals surface area contributed by atoms with Crippen LogP contribution in [0.25, 0.3) is 0 Å². The third-order valence-electron chi connectivity index (χ3n) is 5.08. The van der Waals surface area contributed by atoms with E-state index in [0.29, 0.717) is 0 Å². The van der Waals surface area contributed by atoms with E-state index in [2.05, 4.69) is 21.2 Å². The van der Waals surface area contributed by atoms with Gasteiger partial charge in [-0.2, -0.15) is 0 Å². The van der Waals surface area contributed by atoms with Crippen LogP contribution in [-0.2, 0) is 11.3 Å². The van der Waals surface area contributed by atoms with Crippen molar-refractivity contribution in [3.63, 3.8) is 0 Å². The monoisotopic (exact) mass is 301 g/mol. The van der Waals surface area contributed by atoms with Crippen LogP contribution in [0.4, 0.5) is 5.69 Å². The van der Waals surface area contributed by atoms with Crippen molar-refractivity contribution in [1.82, 2.24) is 9.80 Å². The number of benzene rings is 1. The molecule has 0 atom stereocenters. The number of hydrogen-bond donors (Lipinski definition) is 1. The van der Waals surface area contributed by atoms with E-state index in [1.807, 2.05) is 12.1 Å². The lowest BCUT2D eigenvalue weighted by Crippen LogP contribution is -2.51. The molecule has 0 unspecified atom stereocenters. The topological polar surface area (TPSA) is 44.8 Å². The Bertz CT molecular complexity index is 563. The molecule has 0 radical (unpaired) electrons. The van der Waals surface area contributed by atoms with Gasteiger partial charge in [0, 0.05) is 38.8 Å². The molecule has 4 rings (SSSR count). The lowest BCUT2D eigenvalue weighted by molar-refractivity contribution is -0.118. The maximum Gasteiger partial charge on any atom is 0.262 e. The van der Waals surface area contributed by atoms with Crippen LogP contribution in [0.1, 0.15) is 24.8 Å². The Labute approximate surface area is 131 Å². The molecule has 118 valence electrons. The summed E-state index contributed by atoms with van der Waals surface area (Å²) < 4.78 is 5.41. The average molecular weight is 301 g/mol. The molecule has 1 aromatic rings. The van der Waals surface area contributed by atoms with Crippen molar-refractivity contribution < 1.29 is 9.53 Å². The van der Waals surface area contributed by atoms with Crippen LogP contribution in [0.3, 0.4) is 0 Å². The highest BCUT2D eigenvalue weighted by molar-refractivity contribution is 5.95. The molecule has 5 nitrogen and oxygen atoms in total. The summed E-state index contributed by atoms with van der Waals surface area (Å²) in [4.78, 5) is 16.6. The van der Waals surface area contributed by atoms with Crippen molar-refractivity contribution in [2.75, 3.05) is 38.1 Å². The molecule has 1 aromatic carbocycles. The first kappa shape index (κ1) is 14.0. The molecule has 1 saturated carbocycles. The third kappa shape index (κ3) is 2.83. The zero-order chi connectivity index (χ0) is 14.9. The Kier molecular flexibility index (Phi) is 3.76. The lowest BCUT2D eigenvalue weighted by Gasteiger charge is -2.43. The van der Waals surface area contributed by atoms with E-state index in [4.69, 9.17) is 4.74 Å². The number of fused-ring (bicyclic) bond motifs is 1. The Hall–Kier alpha value is -1.59. The van der Waals surface area contributed by atoms with E-state index >= 15 is 0 Å². The molecule has 0 bridgehead atoms. The van der Waals surface area contributed by atoms with Crippen molar-refractivity contribution >= 4 is 11.6 Å². The Morgan fingerprint density at radius 1 is 1.18 bits per heavy atom. The number of piperazine rings is 1. The molecule has 1 amide bonds. The molecule has 1 N–H and O–H groups in total. The summed E-state index contributed by atoms with van der Waals surface area (Å²) in [7, 11) is 0. The molecule has 0 aromatic heterocycles. The molecule has 0 spiro atoms. The second-order valence-corrected chi connectivity index (χ2v) is 6.56. The fourth-order valence-electron chi connectivity index (χ4n) is 3.53. The van der Waals surface area contributed by atoms with Crippen LogP contribution >= 0.6 is 0 Å². The summed E-state index contributed by atoms with van der Waals surface area (Å²) in [6, 6.07) is 6.98. The molecule has 5 heteroatoms. The number of amides is 1. The van der Waals surface area contributed by atoms with Crippen LogP contribution in [0.2, 0.25) is 0 Å². The van der Waals surface area contributed by atoms with Crippen molar-refractivity contribution in [1.29, 1.82) is 0 Å². The van der Waals surface area contributed by atoms with Crippen molar-refractivity contribution in [3.05, 3.63) is 23.8 Å². The highest BCUT2D eigenvalue weighted by Crippen LogP contribution is 2.29. The SMILES string of the molecule is O=C1COc2ccc(CN3CCN(C4CCC4)CC3)cc2N1. The fraction of sp³-hybridized carbons (Fsp3) is 0.588. The van der Waals surface area contributed by atoms with Gasteiger partial charge >= 0.3 is 0 Å². The van der Waals surface area contributed by atoms with Crippen molar-refractivity contribution in [2.24, 2.45) is 0 Å². The zero-order valence-electron chi connectivity index (χ0n) is 12.9. The average Bonchev–Trinajstić information content (AvgIpc) is 2.47. The largest absolute Gasteiger partial charge is 0.482 e. The van der Waals surface area contributed by atoms with E-state index in [1.165, 1.54) is 37.9 Å². The summed E-state index contributed by atoms with van der Waals surface area (Å²) in [5, 5.41) is 2.88. The summed E-state index contributed by atoms with van der Waals surface area (Å²) >= 11 is 0. The minimum absolute atomic E-state index is 0.0706. The molecule has 3 aliphatic rings. The predicted octanol–water partition coefficient (Wildman–Crippen LogP) is 1.69. The Morgan fingerprint density at radius 3 is 2.73 bits per heavy atom. The number of carbonyl (C=O) groups is 1. The van der Waals surface area contributed by atoms with Crippen molar-refractivity contribution in [3.8, 4) is 5.75 Å². The molecule has 1 saturated heterocycles. The summed E-state index contributed by atoms with van der Waals surface area (Å²) in [5.74, 6) is 0.705. The normalized spacial score (nSPS) is 23.4. The van der Waals surface area contributed by atoms with Gasteiger partial charge < -0.3 is 10.1 Å². The number of hydrogen-bond acceptors (Lipinski definition) is 4. The van der Waals surface area contributed by atoms with E-state index in [0.717, 1.165) is 37.1 Å². The molecule has 22 heavy (non-hydrogen) atoms. The highest BCUT2D eigenvalue weighted by atomic mass is 16.5. The smallest absolute Gasteiger partial charge is 0.262 e. The van der Waals surface area contributed by atoms with Crippen LogP contribution in [-0.4, -0.2) is 54.5 Å². The first-order chi connectivity index (χ1) is 10.8. The maximum atomic E-state index is 11.4. The molecule has 2 heterocycles. The minimum atomic E-state index is -0.0706. The molecular weight excluding hydrogens is 278 g/mol. The van der Waals surface area contributed by atoms with Gasteiger partial charge in [-0.05, 0) is 30.5 Å².